The molecule has 1 saturated heterocycles. The first-order valence-electron chi connectivity index (χ1n) is 9.49. The number of carbonyl (C=O) groups excluding carboxylic acids is 1. The summed E-state index contributed by atoms with van der Waals surface area (Å²) in [5.41, 5.74) is 3.25. The summed E-state index contributed by atoms with van der Waals surface area (Å²) in [4.78, 5) is 14.4. The van der Waals surface area contributed by atoms with Gasteiger partial charge in [0.15, 0.2) is 0 Å². The highest BCUT2D eigenvalue weighted by Gasteiger charge is 2.25. The van der Waals surface area contributed by atoms with E-state index in [9.17, 15) is 4.79 Å². The highest BCUT2D eigenvalue weighted by Crippen LogP contribution is 2.26. The highest BCUT2D eigenvalue weighted by atomic mass is 35.5. The summed E-state index contributed by atoms with van der Waals surface area (Å²) in [5.74, 6) is 0.633. The quantitative estimate of drug-likeness (QED) is 0.634. The van der Waals surface area contributed by atoms with Gasteiger partial charge in [0.25, 0.3) is 0 Å². The van der Waals surface area contributed by atoms with Crippen molar-refractivity contribution < 1.29 is 9.21 Å². The van der Waals surface area contributed by atoms with Crippen LogP contribution in [0, 0.1) is 5.92 Å². The number of urea groups is 1. The van der Waals surface area contributed by atoms with E-state index in [2.05, 4.69) is 28.5 Å². The number of piperidine rings is 1. The number of aromatic nitrogens is 2. The van der Waals surface area contributed by atoms with Crippen LogP contribution in [0.15, 0.2) is 64.6 Å². The smallest absolute Gasteiger partial charge is 0.325 e. The molecule has 4 rings (SSSR count). The van der Waals surface area contributed by atoms with Gasteiger partial charge < -0.3 is 9.32 Å². The third kappa shape index (κ3) is 4.66. The molecule has 2 amide bonds. The SMILES string of the molecule is CC1CN(C(=O)Nc2nnc(-c3ccccc3)o2)CC/C1=C\c1ccc(Cl)cc1. The number of benzene rings is 2. The van der Waals surface area contributed by atoms with E-state index in [-0.39, 0.29) is 18.0 Å². The summed E-state index contributed by atoms with van der Waals surface area (Å²) in [5, 5.41) is 11.4. The second-order valence-electron chi connectivity index (χ2n) is 7.08. The van der Waals surface area contributed by atoms with Crippen molar-refractivity contribution in [3.63, 3.8) is 0 Å². The molecule has 0 bridgehead atoms. The van der Waals surface area contributed by atoms with Crippen LogP contribution in [0.5, 0.6) is 0 Å². The molecule has 148 valence electrons. The number of halogens is 1. The number of carbonyl (C=O) groups is 1. The fourth-order valence-corrected chi connectivity index (χ4v) is 3.49. The van der Waals surface area contributed by atoms with E-state index in [0.717, 1.165) is 22.6 Å². The summed E-state index contributed by atoms with van der Waals surface area (Å²) in [6.07, 6.45) is 3.00. The molecule has 1 atom stereocenters. The van der Waals surface area contributed by atoms with Gasteiger partial charge in [-0.2, -0.15) is 0 Å². The zero-order valence-electron chi connectivity index (χ0n) is 16.0. The van der Waals surface area contributed by atoms with Crippen molar-refractivity contribution in [1.82, 2.24) is 15.1 Å². The third-order valence-electron chi connectivity index (χ3n) is 4.97. The Hall–Kier alpha value is -3.12. The zero-order chi connectivity index (χ0) is 20.2. The Labute approximate surface area is 174 Å². The van der Waals surface area contributed by atoms with Crippen molar-refractivity contribution in [1.29, 1.82) is 0 Å². The first kappa shape index (κ1) is 19.2. The molecule has 0 aliphatic carbocycles. The molecule has 29 heavy (non-hydrogen) atoms. The van der Waals surface area contributed by atoms with Crippen molar-refractivity contribution in [2.24, 2.45) is 5.92 Å². The minimum absolute atomic E-state index is 0.101. The maximum absolute atomic E-state index is 12.6. The van der Waals surface area contributed by atoms with E-state index < -0.39 is 0 Å². The average Bonchev–Trinajstić information content (AvgIpc) is 3.20. The summed E-state index contributed by atoms with van der Waals surface area (Å²) < 4.78 is 5.56. The fraction of sp³-hybridized carbons (Fsp3) is 0.227. The Balaban J connectivity index is 1.37. The van der Waals surface area contributed by atoms with Gasteiger partial charge in [0.2, 0.25) is 5.89 Å². The number of amides is 2. The Kier molecular flexibility index (Phi) is 5.62. The predicted molar refractivity (Wildman–Crippen MR) is 114 cm³/mol. The third-order valence-corrected chi connectivity index (χ3v) is 5.22. The Bertz CT molecular complexity index is 1010. The number of hydrogen-bond acceptors (Lipinski definition) is 4. The van der Waals surface area contributed by atoms with Crippen LogP contribution in [0.3, 0.4) is 0 Å². The minimum Gasteiger partial charge on any atom is -0.403 e. The Morgan fingerprint density at radius 2 is 1.93 bits per heavy atom. The van der Waals surface area contributed by atoms with E-state index in [1.807, 2.05) is 54.6 Å². The molecular formula is C22H21ClN4O2. The van der Waals surface area contributed by atoms with Gasteiger partial charge in [-0.25, -0.2) is 4.79 Å². The molecule has 1 aliphatic rings. The molecule has 1 aromatic heterocycles. The van der Waals surface area contributed by atoms with Gasteiger partial charge in [0.1, 0.15) is 0 Å². The second kappa shape index (κ2) is 8.49. The topological polar surface area (TPSA) is 71.3 Å². The molecule has 0 saturated carbocycles. The molecule has 6 nitrogen and oxygen atoms in total. The van der Waals surface area contributed by atoms with Gasteiger partial charge >= 0.3 is 12.0 Å². The summed E-state index contributed by atoms with van der Waals surface area (Å²) in [7, 11) is 0. The van der Waals surface area contributed by atoms with Crippen molar-refractivity contribution >= 4 is 29.7 Å². The largest absolute Gasteiger partial charge is 0.403 e. The van der Waals surface area contributed by atoms with Gasteiger partial charge in [0.05, 0.1) is 0 Å². The van der Waals surface area contributed by atoms with Crippen LogP contribution in [0.1, 0.15) is 18.9 Å². The molecule has 1 unspecified atom stereocenters. The van der Waals surface area contributed by atoms with E-state index in [1.165, 1.54) is 5.57 Å². The molecule has 2 heterocycles. The fourth-order valence-electron chi connectivity index (χ4n) is 3.36. The maximum Gasteiger partial charge on any atom is 0.325 e. The molecule has 1 fully saturated rings. The van der Waals surface area contributed by atoms with Crippen LogP contribution in [0.2, 0.25) is 5.02 Å². The summed E-state index contributed by atoms with van der Waals surface area (Å²) >= 11 is 5.95. The number of hydrogen-bond donors (Lipinski definition) is 1. The Morgan fingerprint density at radius 3 is 2.66 bits per heavy atom. The normalized spacial score (nSPS) is 18.1. The highest BCUT2D eigenvalue weighted by molar-refractivity contribution is 6.30. The molecule has 0 spiro atoms. The molecule has 3 aromatic rings. The molecule has 1 N–H and O–H groups in total. The van der Waals surface area contributed by atoms with Crippen LogP contribution in [0.25, 0.3) is 17.5 Å². The van der Waals surface area contributed by atoms with Crippen molar-refractivity contribution in [2.45, 2.75) is 13.3 Å². The van der Waals surface area contributed by atoms with Crippen LogP contribution in [-0.2, 0) is 0 Å². The van der Waals surface area contributed by atoms with Crippen LogP contribution >= 0.6 is 11.6 Å². The monoisotopic (exact) mass is 408 g/mol. The van der Waals surface area contributed by atoms with Gasteiger partial charge in [-0.05, 0) is 42.2 Å². The summed E-state index contributed by atoms with van der Waals surface area (Å²) in [6, 6.07) is 17.1. The molecular weight excluding hydrogens is 388 g/mol. The van der Waals surface area contributed by atoms with Crippen molar-refractivity contribution in [2.75, 3.05) is 18.4 Å². The van der Waals surface area contributed by atoms with E-state index in [4.69, 9.17) is 16.0 Å². The average molecular weight is 409 g/mol. The standard InChI is InChI=1S/C22H21ClN4O2/c1-15-14-27(12-11-18(15)13-16-7-9-19(23)10-8-16)22(28)24-21-26-25-20(29-21)17-5-3-2-4-6-17/h2-10,13,15H,11-12,14H2,1H3,(H,24,26,28)/b18-13+. The van der Waals surface area contributed by atoms with Gasteiger partial charge in [-0.15, -0.1) is 5.10 Å². The molecule has 2 aromatic carbocycles. The number of nitrogens with zero attached hydrogens (tertiary/aromatic N) is 3. The van der Waals surface area contributed by atoms with E-state index >= 15 is 0 Å². The van der Waals surface area contributed by atoms with Gasteiger partial charge in [0, 0.05) is 23.7 Å². The van der Waals surface area contributed by atoms with Crippen molar-refractivity contribution in [3.05, 3.63) is 70.8 Å². The van der Waals surface area contributed by atoms with Crippen molar-refractivity contribution in [3.8, 4) is 11.5 Å². The first-order valence-corrected chi connectivity index (χ1v) is 9.87. The zero-order valence-corrected chi connectivity index (χ0v) is 16.8. The lowest BCUT2D eigenvalue weighted by Gasteiger charge is -2.32. The van der Waals surface area contributed by atoms with Crippen LogP contribution in [0.4, 0.5) is 10.8 Å². The predicted octanol–water partition coefficient (Wildman–Crippen LogP) is 5.35. The lowest BCUT2D eigenvalue weighted by molar-refractivity contribution is 0.197. The summed E-state index contributed by atoms with van der Waals surface area (Å²) in [6.45, 7) is 3.39. The number of anilines is 1. The number of nitrogens with one attached hydrogen (secondary N) is 1. The van der Waals surface area contributed by atoms with E-state index in [1.54, 1.807) is 4.90 Å². The van der Waals surface area contributed by atoms with Crippen LogP contribution < -0.4 is 5.32 Å². The van der Waals surface area contributed by atoms with Gasteiger partial charge in [-0.3, -0.25) is 5.32 Å². The van der Waals surface area contributed by atoms with Crippen LogP contribution in [-0.4, -0.2) is 34.2 Å². The first-order chi connectivity index (χ1) is 14.1. The van der Waals surface area contributed by atoms with Gasteiger partial charge in [-0.1, -0.05) is 65.6 Å². The molecule has 0 radical (unpaired) electrons. The minimum atomic E-state index is -0.231. The molecule has 1 aliphatic heterocycles. The lowest BCUT2D eigenvalue weighted by atomic mass is 9.91. The van der Waals surface area contributed by atoms with E-state index in [0.29, 0.717) is 19.0 Å². The Morgan fingerprint density at radius 1 is 1.17 bits per heavy atom. The number of likely N-dealkylation sites (tertiary alicyclic amines) is 1. The maximum atomic E-state index is 12.6. The number of rotatable bonds is 3. The lowest BCUT2D eigenvalue weighted by Crippen LogP contribution is -2.42. The second-order valence-corrected chi connectivity index (χ2v) is 7.51. The molecule has 7 heteroatoms.